The molecule has 0 aliphatic carbocycles. The molecule has 0 atom stereocenters. The first-order valence-electron chi connectivity index (χ1n) is 6.48. The highest BCUT2D eigenvalue weighted by atomic mass is 15.1. The molecule has 0 saturated carbocycles. The smallest absolute Gasteiger partial charge is 0.0953 e. The molecule has 18 heavy (non-hydrogen) atoms. The Morgan fingerprint density at radius 3 is 2.56 bits per heavy atom. The summed E-state index contributed by atoms with van der Waals surface area (Å²) in [6, 6.07) is 9.20. The average molecular weight is 243 g/mol. The van der Waals surface area contributed by atoms with Crippen molar-refractivity contribution in [2.24, 2.45) is 0 Å². The number of nitrogens with one attached hydrogen (secondary N) is 1. The monoisotopic (exact) mass is 243 g/mol. The van der Waals surface area contributed by atoms with Gasteiger partial charge in [0.1, 0.15) is 0 Å². The van der Waals surface area contributed by atoms with E-state index in [4.69, 9.17) is 0 Å². The maximum atomic E-state index is 4.24. The molecule has 3 nitrogen and oxygen atoms in total. The summed E-state index contributed by atoms with van der Waals surface area (Å²) in [5.41, 5.74) is 3.78. The van der Waals surface area contributed by atoms with Crippen LogP contribution in [0.4, 0.5) is 0 Å². The third-order valence-electron chi connectivity index (χ3n) is 3.14. The first kappa shape index (κ1) is 12.8. The van der Waals surface area contributed by atoms with Crippen LogP contribution in [0.5, 0.6) is 0 Å². The molecule has 0 saturated heterocycles. The van der Waals surface area contributed by atoms with Gasteiger partial charge in [-0.2, -0.15) is 0 Å². The maximum Gasteiger partial charge on any atom is 0.0953 e. The predicted molar refractivity (Wildman–Crippen MR) is 75.7 cm³/mol. The molecule has 0 unspecified atom stereocenters. The number of rotatable bonds is 5. The Balaban J connectivity index is 2.21. The first-order valence-corrected chi connectivity index (χ1v) is 6.48. The number of aromatic nitrogens is 2. The van der Waals surface area contributed by atoms with E-state index in [9.17, 15) is 0 Å². The van der Waals surface area contributed by atoms with Gasteiger partial charge in [-0.25, -0.2) is 4.98 Å². The molecule has 0 bridgehead atoms. The lowest BCUT2D eigenvalue weighted by molar-refractivity contribution is 0.605. The minimum atomic E-state index is 0.437. The Hall–Kier alpha value is -1.61. The van der Waals surface area contributed by atoms with Gasteiger partial charge in [0.25, 0.3) is 0 Å². The second kappa shape index (κ2) is 5.83. The Morgan fingerprint density at radius 2 is 1.94 bits per heavy atom. The van der Waals surface area contributed by atoms with Crippen molar-refractivity contribution < 1.29 is 0 Å². The molecule has 1 aromatic carbocycles. The van der Waals surface area contributed by atoms with Crippen LogP contribution in [0, 0.1) is 0 Å². The van der Waals surface area contributed by atoms with Gasteiger partial charge in [0.15, 0.2) is 0 Å². The van der Waals surface area contributed by atoms with Gasteiger partial charge in [0.05, 0.1) is 18.2 Å². The third-order valence-corrected chi connectivity index (χ3v) is 3.14. The molecule has 1 heterocycles. The number of nitrogens with zero attached hydrogens (tertiary/aromatic N) is 2. The Bertz CT molecular complexity index is 483. The van der Waals surface area contributed by atoms with Gasteiger partial charge in [-0.05, 0) is 45.0 Å². The van der Waals surface area contributed by atoms with Gasteiger partial charge in [0.2, 0.25) is 0 Å². The second-order valence-electron chi connectivity index (χ2n) is 4.83. The zero-order valence-corrected chi connectivity index (χ0v) is 11.4. The van der Waals surface area contributed by atoms with Crippen LogP contribution in [0.3, 0.4) is 0 Å². The first-order chi connectivity index (χ1) is 8.72. The van der Waals surface area contributed by atoms with E-state index in [1.165, 1.54) is 16.8 Å². The lowest BCUT2D eigenvalue weighted by atomic mass is 10.1. The predicted octanol–water partition coefficient (Wildman–Crippen LogP) is 2.89. The van der Waals surface area contributed by atoms with Crippen LogP contribution in [0.15, 0.2) is 36.8 Å². The van der Waals surface area contributed by atoms with Crippen molar-refractivity contribution in [3.63, 3.8) is 0 Å². The van der Waals surface area contributed by atoms with Gasteiger partial charge in [-0.1, -0.05) is 24.3 Å². The summed E-state index contributed by atoms with van der Waals surface area (Å²) >= 11 is 0. The van der Waals surface area contributed by atoms with E-state index in [1.54, 1.807) is 0 Å². The summed E-state index contributed by atoms with van der Waals surface area (Å²) in [6.45, 7) is 5.36. The van der Waals surface area contributed by atoms with E-state index in [0.29, 0.717) is 6.04 Å². The normalized spacial score (nSPS) is 11.1. The van der Waals surface area contributed by atoms with Crippen LogP contribution in [0.25, 0.3) is 11.3 Å². The molecular weight excluding hydrogens is 222 g/mol. The van der Waals surface area contributed by atoms with E-state index >= 15 is 0 Å². The molecule has 1 aromatic heterocycles. The van der Waals surface area contributed by atoms with Crippen molar-refractivity contribution in [1.82, 2.24) is 14.9 Å². The zero-order chi connectivity index (χ0) is 13.0. The van der Waals surface area contributed by atoms with Gasteiger partial charge in [-0.3, -0.25) is 0 Å². The minimum absolute atomic E-state index is 0.437. The molecule has 0 amide bonds. The van der Waals surface area contributed by atoms with Crippen LogP contribution in [-0.2, 0) is 6.42 Å². The van der Waals surface area contributed by atoms with Crippen LogP contribution >= 0.6 is 0 Å². The molecule has 2 rings (SSSR count). The van der Waals surface area contributed by atoms with E-state index in [0.717, 1.165) is 13.0 Å². The summed E-state index contributed by atoms with van der Waals surface area (Å²) in [7, 11) is 1.98. The molecule has 0 spiro atoms. The molecule has 1 N–H and O–H groups in total. The molecule has 96 valence electrons. The summed E-state index contributed by atoms with van der Waals surface area (Å²) in [6.07, 6.45) is 4.90. The van der Waals surface area contributed by atoms with Gasteiger partial charge in [-0.15, -0.1) is 0 Å². The maximum absolute atomic E-state index is 4.24. The minimum Gasteiger partial charge on any atom is -0.328 e. The van der Waals surface area contributed by atoms with Crippen LogP contribution < -0.4 is 5.32 Å². The van der Waals surface area contributed by atoms with Crippen LogP contribution in [-0.4, -0.2) is 23.1 Å². The van der Waals surface area contributed by atoms with Gasteiger partial charge < -0.3 is 9.88 Å². The van der Waals surface area contributed by atoms with Crippen LogP contribution in [0.1, 0.15) is 25.5 Å². The number of imidazole rings is 1. The summed E-state index contributed by atoms with van der Waals surface area (Å²) in [5.74, 6) is 0. The van der Waals surface area contributed by atoms with E-state index in [1.807, 2.05) is 19.6 Å². The fourth-order valence-electron chi connectivity index (χ4n) is 2.05. The lowest BCUT2D eigenvalue weighted by Crippen LogP contribution is -2.10. The summed E-state index contributed by atoms with van der Waals surface area (Å²) in [5, 5.41) is 3.17. The highest BCUT2D eigenvalue weighted by molar-refractivity contribution is 5.59. The standard InChI is InChI=1S/C15H21N3/c1-12(2)18-11-17-10-15(18)14-6-4-13(5-7-14)8-9-16-3/h4-7,10-12,16H,8-9H2,1-3H3. The Labute approximate surface area is 109 Å². The number of hydrogen-bond acceptors (Lipinski definition) is 2. The molecule has 3 heteroatoms. The highest BCUT2D eigenvalue weighted by Crippen LogP contribution is 2.22. The van der Waals surface area contributed by atoms with Gasteiger partial charge in [0, 0.05) is 6.04 Å². The fraction of sp³-hybridized carbons (Fsp3) is 0.400. The van der Waals surface area contributed by atoms with E-state index < -0.39 is 0 Å². The topological polar surface area (TPSA) is 29.9 Å². The zero-order valence-electron chi connectivity index (χ0n) is 11.4. The molecule has 0 aliphatic heterocycles. The van der Waals surface area contributed by atoms with E-state index in [-0.39, 0.29) is 0 Å². The number of likely N-dealkylation sites (N-methyl/N-ethyl adjacent to an activating group) is 1. The average Bonchev–Trinajstić information content (AvgIpc) is 2.86. The summed E-state index contributed by atoms with van der Waals surface area (Å²) < 4.78 is 2.20. The highest BCUT2D eigenvalue weighted by Gasteiger charge is 2.07. The van der Waals surface area contributed by atoms with Crippen molar-refractivity contribution in [3.8, 4) is 11.3 Å². The Morgan fingerprint density at radius 1 is 1.22 bits per heavy atom. The number of benzene rings is 1. The fourth-order valence-corrected chi connectivity index (χ4v) is 2.05. The lowest BCUT2D eigenvalue weighted by Gasteiger charge is -2.12. The van der Waals surface area contributed by atoms with Crippen molar-refractivity contribution >= 4 is 0 Å². The van der Waals surface area contributed by atoms with Crippen LogP contribution in [0.2, 0.25) is 0 Å². The number of hydrogen-bond donors (Lipinski definition) is 1. The van der Waals surface area contributed by atoms with Crippen molar-refractivity contribution in [3.05, 3.63) is 42.4 Å². The summed E-state index contributed by atoms with van der Waals surface area (Å²) in [4.78, 5) is 4.24. The van der Waals surface area contributed by atoms with Crippen molar-refractivity contribution in [2.45, 2.75) is 26.3 Å². The molecule has 0 fully saturated rings. The van der Waals surface area contributed by atoms with Gasteiger partial charge >= 0.3 is 0 Å². The SMILES string of the molecule is CNCCc1ccc(-c2cncn2C(C)C)cc1. The quantitative estimate of drug-likeness (QED) is 0.875. The van der Waals surface area contributed by atoms with Crippen molar-refractivity contribution in [1.29, 1.82) is 0 Å². The Kier molecular flexibility index (Phi) is 4.15. The molecule has 2 aromatic rings. The second-order valence-corrected chi connectivity index (χ2v) is 4.83. The third kappa shape index (κ3) is 2.79. The molecular formula is C15H21N3. The molecule has 0 aliphatic rings. The van der Waals surface area contributed by atoms with E-state index in [2.05, 4.69) is 53.0 Å². The van der Waals surface area contributed by atoms with Crippen molar-refractivity contribution in [2.75, 3.05) is 13.6 Å². The molecule has 0 radical (unpaired) electrons. The largest absolute Gasteiger partial charge is 0.328 e.